The van der Waals surface area contributed by atoms with Crippen molar-refractivity contribution < 1.29 is 0 Å². The first-order chi connectivity index (χ1) is 13.4. The second-order valence-corrected chi connectivity index (χ2v) is 7.21. The third-order valence-electron chi connectivity index (χ3n) is 5.30. The summed E-state index contributed by atoms with van der Waals surface area (Å²) in [5.74, 6) is 1.76. The summed E-state index contributed by atoms with van der Waals surface area (Å²) in [4.78, 5) is 2.54. The number of nitrogens with zero attached hydrogens (tertiary/aromatic N) is 4. The van der Waals surface area contributed by atoms with Gasteiger partial charge in [0.2, 0.25) is 0 Å². The maximum atomic E-state index is 4.38. The van der Waals surface area contributed by atoms with Gasteiger partial charge in [-0.3, -0.25) is 9.47 Å². The van der Waals surface area contributed by atoms with Gasteiger partial charge in [0.15, 0.2) is 0 Å². The van der Waals surface area contributed by atoms with E-state index in [4.69, 9.17) is 0 Å². The monoisotopic (exact) mass is 358 g/mol. The minimum atomic E-state index is 0.686. The average Bonchev–Trinajstić information content (AvgIpc) is 3.19. The molecule has 1 aliphatic heterocycles. The molecule has 0 N–H and O–H groups in total. The molecule has 3 aromatic rings. The van der Waals surface area contributed by atoms with Gasteiger partial charge in [0.05, 0.1) is 0 Å². The van der Waals surface area contributed by atoms with E-state index in [0.29, 0.717) is 5.92 Å². The Morgan fingerprint density at radius 2 is 1.63 bits per heavy atom. The molecular weight excluding hydrogens is 332 g/mol. The van der Waals surface area contributed by atoms with E-state index in [1.165, 1.54) is 18.4 Å². The minimum absolute atomic E-state index is 0.686. The van der Waals surface area contributed by atoms with Crippen LogP contribution in [0.4, 0.5) is 0 Å². The molecule has 0 aliphatic carbocycles. The highest BCUT2D eigenvalue weighted by atomic mass is 15.3. The Bertz CT molecular complexity index is 846. The molecule has 0 unspecified atom stereocenters. The molecule has 1 saturated heterocycles. The third kappa shape index (κ3) is 4.72. The van der Waals surface area contributed by atoms with Crippen molar-refractivity contribution in [1.29, 1.82) is 0 Å². The van der Waals surface area contributed by atoms with Crippen molar-refractivity contribution >= 4 is 6.08 Å². The summed E-state index contributed by atoms with van der Waals surface area (Å²) >= 11 is 0. The number of hydrogen-bond donors (Lipinski definition) is 0. The Hall–Kier alpha value is -2.72. The van der Waals surface area contributed by atoms with E-state index in [2.05, 4.69) is 86.4 Å². The predicted octanol–water partition coefficient (Wildman–Crippen LogP) is 4.24. The van der Waals surface area contributed by atoms with Gasteiger partial charge in [0.25, 0.3) is 0 Å². The lowest BCUT2D eigenvalue weighted by Crippen LogP contribution is -2.34. The molecule has 1 fully saturated rings. The zero-order valence-electron chi connectivity index (χ0n) is 15.6. The molecular formula is C23H26N4. The van der Waals surface area contributed by atoms with Crippen molar-refractivity contribution in [1.82, 2.24) is 19.7 Å². The molecule has 0 spiro atoms. The van der Waals surface area contributed by atoms with E-state index in [1.807, 2.05) is 12.4 Å². The van der Waals surface area contributed by atoms with Crippen LogP contribution in [0.2, 0.25) is 0 Å². The van der Waals surface area contributed by atoms with Crippen molar-refractivity contribution in [2.45, 2.75) is 19.3 Å². The van der Waals surface area contributed by atoms with E-state index in [0.717, 1.165) is 37.6 Å². The summed E-state index contributed by atoms with van der Waals surface area (Å²) in [5.41, 5.74) is 2.41. The number of piperidine rings is 1. The Kier molecular flexibility index (Phi) is 5.75. The molecule has 4 rings (SSSR count). The topological polar surface area (TPSA) is 34.0 Å². The summed E-state index contributed by atoms with van der Waals surface area (Å²) in [6.07, 6.45) is 9.77. The quantitative estimate of drug-likeness (QED) is 0.661. The van der Waals surface area contributed by atoms with Crippen LogP contribution in [0.15, 0.2) is 73.1 Å². The maximum absolute atomic E-state index is 4.38. The van der Waals surface area contributed by atoms with Crippen molar-refractivity contribution in [2.75, 3.05) is 19.6 Å². The summed E-state index contributed by atoms with van der Waals surface area (Å²) in [6.45, 7) is 3.34. The van der Waals surface area contributed by atoms with Crippen LogP contribution in [0.3, 0.4) is 0 Å². The summed E-state index contributed by atoms with van der Waals surface area (Å²) in [7, 11) is 0. The highest BCUT2D eigenvalue weighted by molar-refractivity contribution is 5.48. The molecule has 138 valence electrons. The lowest BCUT2D eigenvalue weighted by Gasteiger charge is -2.31. The average molecular weight is 358 g/mol. The van der Waals surface area contributed by atoms with Gasteiger partial charge >= 0.3 is 0 Å². The SMILES string of the molecule is C(=Cc1ccccc1)CN1CCC(Cc2nncn2-c2ccccc2)CC1. The minimum Gasteiger partial charge on any atom is -0.300 e. The zero-order chi connectivity index (χ0) is 18.3. The fourth-order valence-electron chi connectivity index (χ4n) is 3.74. The second kappa shape index (κ2) is 8.78. The van der Waals surface area contributed by atoms with Crippen molar-refractivity contribution in [3.8, 4) is 5.69 Å². The van der Waals surface area contributed by atoms with Crippen LogP contribution >= 0.6 is 0 Å². The Morgan fingerprint density at radius 1 is 0.926 bits per heavy atom. The fraction of sp³-hybridized carbons (Fsp3) is 0.304. The van der Waals surface area contributed by atoms with Crippen molar-refractivity contribution in [3.05, 3.63) is 84.5 Å². The highest BCUT2D eigenvalue weighted by Gasteiger charge is 2.21. The first-order valence-corrected chi connectivity index (χ1v) is 9.77. The van der Waals surface area contributed by atoms with Crippen LogP contribution in [-0.4, -0.2) is 39.3 Å². The first-order valence-electron chi connectivity index (χ1n) is 9.77. The van der Waals surface area contributed by atoms with Gasteiger partial charge in [-0.15, -0.1) is 10.2 Å². The molecule has 2 aromatic carbocycles. The lowest BCUT2D eigenvalue weighted by molar-refractivity contribution is 0.199. The molecule has 27 heavy (non-hydrogen) atoms. The summed E-state index contributed by atoms with van der Waals surface area (Å²) < 4.78 is 2.12. The van der Waals surface area contributed by atoms with Gasteiger partial charge in [-0.2, -0.15) is 0 Å². The molecule has 0 atom stereocenters. The van der Waals surface area contributed by atoms with Crippen LogP contribution in [-0.2, 0) is 6.42 Å². The standard InChI is InChI=1S/C23H26N4/c1-3-8-20(9-4-1)10-7-15-26-16-13-21(14-17-26)18-23-25-24-19-27(23)22-11-5-2-6-12-22/h1-12,19,21H,13-18H2. The fourth-order valence-corrected chi connectivity index (χ4v) is 3.74. The van der Waals surface area contributed by atoms with Crippen LogP contribution in [0.5, 0.6) is 0 Å². The van der Waals surface area contributed by atoms with Gasteiger partial charge in [-0.05, 0) is 49.5 Å². The van der Waals surface area contributed by atoms with E-state index in [9.17, 15) is 0 Å². The summed E-state index contributed by atoms with van der Waals surface area (Å²) in [6, 6.07) is 20.9. The third-order valence-corrected chi connectivity index (χ3v) is 5.30. The Labute approximate surface area is 161 Å². The van der Waals surface area contributed by atoms with Gasteiger partial charge in [-0.25, -0.2) is 0 Å². The normalized spacial score (nSPS) is 16.1. The number of hydrogen-bond acceptors (Lipinski definition) is 3. The number of rotatable bonds is 6. The first kappa shape index (κ1) is 17.7. The molecule has 0 bridgehead atoms. The molecule has 0 amide bonds. The smallest absolute Gasteiger partial charge is 0.137 e. The van der Waals surface area contributed by atoms with Crippen LogP contribution < -0.4 is 0 Å². The van der Waals surface area contributed by atoms with Gasteiger partial charge in [0.1, 0.15) is 12.2 Å². The molecule has 0 saturated carbocycles. The van der Waals surface area contributed by atoms with Crippen molar-refractivity contribution in [2.24, 2.45) is 5.92 Å². The highest BCUT2D eigenvalue weighted by Crippen LogP contribution is 2.22. The lowest BCUT2D eigenvalue weighted by atomic mass is 9.93. The van der Waals surface area contributed by atoms with Crippen LogP contribution in [0, 0.1) is 5.92 Å². The Balaban J connectivity index is 1.28. The van der Waals surface area contributed by atoms with Gasteiger partial charge < -0.3 is 0 Å². The number of likely N-dealkylation sites (tertiary alicyclic amines) is 1. The molecule has 1 aliphatic rings. The largest absolute Gasteiger partial charge is 0.300 e. The zero-order valence-corrected chi connectivity index (χ0v) is 15.6. The van der Waals surface area contributed by atoms with E-state index in [-0.39, 0.29) is 0 Å². The number of benzene rings is 2. The van der Waals surface area contributed by atoms with Crippen LogP contribution in [0.25, 0.3) is 11.8 Å². The molecule has 0 radical (unpaired) electrons. The van der Waals surface area contributed by atoms with E-state index >= 15 is 0 Å². The maximum Gasteiger partial charge on any atom is 0.137 e. The summed E-state index contributed by atoms with van der Waals surface area (Å²) in [5, 5.41) is 8.52. The molecule has 4 heteroatoms. The van der Waals surface area contributed by atoms with E-state index in [1.54, 1.807) is 0 Å². The number of para-hydroxylation sites is 1. The van der Waals surface area contributed by atoms with Crippen molar-refractivity contribution in [3.63, 3.8) is 0 Å². The second-order valence-electron chi connectivity index (χ2n) is 7.21. The Morgan fingerprint density at radius 3 is 2.37 bits per heavy atom. The van der Waals surface area contributed by atoms with Crippen LogP contribution in [0.1, 0.15) is 24.2 Å². The van der Waals surface area contributed by atoms with Gasteiger partial charge in [0, 0.05) is 18.7 Å². The van der Waals surface area contributed by atoms with Gasteiger partial charge in [-0.1, -0.05) is 60.7 Å². The van der Waals surface area contributed by atoms with E-state index < -0.39 is 0 Å². The molecule has 4 nitrogen and oxygen atoms in total. The molecule has 2 heterocycles. The predicted molar refractivity (Wildman–Crippen MR) is 110 cm³/mol. The number of aromatic nitrogens is 3. The molecule has 1 aromatic heterocycles.